The van der Waals surface area contributed by atoms with Crippen molar-refractivity contribution in [3.8, 4) is 22.8 Å². The molecule has 0 fully saturated rings. The number of carbonyl (C=O) groups excluding carboxylic acids is 1. The molecule has 0 radical (unpaired) electrons. The van der Waals surface area contributed by atoms with Crippen LogP contribution in [0, 0.1) is 5.82 Å². The van der Waals surface area contributed by atoms with Crippen LogP contribution in [-0.4, -0.2) is 30.6 Å². The fraction of sp³-hybridized carbons (Fsp3) is 0.304. The van der Waals surface area contributed by atoms with Gasteiger partial charge in [-0.25, -0.2) is 9.37 Å². The molecule has 3 aromatic rings. The lowest BCUT2D eigenvalue weighted by molar-refractivity contribution is 0.0941. The van der Waals surface area contributed by atoms with E-state index in [1.165, 1.54) is 12.3 Å². The zero-order chi connectivity index (χ0) is 20.5. The lowest BCUT2D eigenvalue weighted by Gasteiger charge is -2.08. The van der Waals surface area contributed by atoms with Crippen LogP contribution in [0.15, 0.2) is 59.1 Å². The Balaban J connectivity index is 1.66. The van der Waals surface area contributed by atoms with Gasteiger partial charge in [0, 0.05) is 25.3 Å². The number of hydrogen-bond donors (Lipinski definition) is 1. The van der Waals surface area contributed by atoms with Crippen molar-refractivity contribution in [3.63, 3.8) is 0 Å². The molecule has 1 N–H and O–H groups in total. The van der Waals surface area contributed by atoms with E-state index in [1.54, 1.807) is 42.5 Å². The van der Waals surface area contributed by atoms with Crippen molar-refractivity contribution in [3.05, 3.63) is 66.1 Å². The van der Waals surface area contributed by atoms with E-state index in [1.807, 2.05) is 0 Å². The average Bonchev–Trinajstić information content (AvgIpc) is 3.23. The molecule has 1 amide bonds. The van der Waals surface area contributed by atoms with Gasteiger partial charge < -0.3 is 14.5 Å². The zero-order valence-electron chi connectivity index (χ0n) is 16.5. The third kappa shape index (κ3) is 5.51. The maximum Gasteiger partial charge on any atom is 0.252 e. The van der Waals surface area contributed by atoms with Gasteiger partial charge in [-0.15, -0.1) is 0 Å². The normalized spacial score (nSPS) is 10.8. The first-order valence-corrected chi connectivity index (χ1v) is 9.86. The quantitative estimate of drug-likeness (QED) is 0.485. The highest BCUT2D eigenvalue weighted by molar-refractivity contribution is 6.00. The SMILES string of the molecule is CCCCOCCCNC(=O)c1ccccc1-c1ncc(-c2ccccc2F)o1. The molecular weight excluding hydrogens is 371 g/mol. The Labute approximate surface area is 169 Å². The number of unbranched alkanes of at least 4 members (excludes halogenated alkanes) is 1. The Morgan fingerprint density at radius 1 is 1.07 bits per heavy atom. The molecule has 6 heteroatoms. The minimum atomic E-state index is -0.387. The molecule has 0 aliphatic carbocycles. The Morgan fingerprint density at radius 3 is 2.59 bits per heavy atom. The summed E-state index contributed by atoms with van der Waals surface area (Å²) in [5, 5.41) is 2.90. The molecule has 0 unspecified atom stereocenters. The largest absolute Gasteiger partial charge is 0.436 e. The summed E-state index contributed by atoms with van der Waals surface area (Å²) in [6, 6.07) is 13.4. The van der Waals surface area contributed by atoms with Gasteiger partial charge >= 0.3 is 0 Å². The molecule has 0 aliphatic rings. The van der Waals surface area contributed by atoms with Crippen LogP contribution in [0.2, 0.25) is 0 Å². The fourth-order valence-corrected chi connectivity index (χ4v) is 2.87. The van der Waals surface area contributed by atoms with Crippen LogP contribution in [0.4, 0.5) is 4.39 Å². The maximum atomic E-state index is 14.0. The number of nitrogens with zero attached hydrogens (tertiary/aromatic N) is 1. The van der Waals surface area contributed by atoms with Gasteiger partial charge in [0.25, 0.3) is 5.91 Å². The Hall–Kier alpha value is -2.99. The standard InChI is InChI=1S/C23H25FN2O3/c1-2-3-14-28-15-8-13-25-22(27)17-9-4-5-10-18(17)23-26-16-21(29-23)19-11-6-7-12-20(19)24/h4-7,9-12,16H,2-3,8,13-15H2,1H3,(H,25,27). The molecule has 0 bridgehead atoms. The van der Waals surface area contributed by atoms with Gasteiger partial charge in [-0.2, -0.15) is 0 Å². The monoisotopic (exact) mass is 396 g/mol. The van der Waals surface area contributed by atoms with E-state index in [0.717, 1.165) is 25.9 Å². The summed E-state index contributed by atoms with van der Waals surface area (Å²) in [4.78, 5) is 16.9. The van der Waals surface area contributed by atoms with Crippen LogP contribution < -0.4 is 5.32 Å². The number of nitrogens with one attached hydrogen (secondary N) is 1. The molecule has 5 nitrogen and oxygen atoms in total. The lowest BCUT2D eigenvalue weighted by Crippen LogP contribution is -2.25. The lowest BCUT2D eigenvalue weighted by atomic mass is 10.1. The molecule has 0 aliphatic heterocycles. The summed E-state index contributed by atoms with van der Waals surface area (Å²) in [6.45, 7) is 4.01. The van der Waals surface area contributed by atoms with Crippen molar-refractivity contribution < 1.29 is 18.3 Å². The van der Waals surface area contributed by atoms with Gasteiger partial charge in [0.1, 0.15) is 5.82 Å². The van der Waals surface area contributed by atoms with Crippen molar-refractivity contribution >= 4 is 5.91 Å². The molecule has 0 saturated heterocycles. The van der Waals surface area contributed by atoms with E-state index in [0.29, 0.717) is 35.6 Å². The van der Waals surface area contributed by atoms with Gasteiger partial charge in [-0.1, -0.05) is 37.6 Å². The van der Waals surface area contributed by atoms with Gasteiger partial charge in [0.2, 0.25) is 5.89 Å². The smallest absolute Gasteiger partial charge is 0.252 e. The number of ether oxygens (including phenoxy) is 1. The fourth-order valence-electron chi connectivity index (χ4n) is 2.87. The van der Waals surface area contributed by atoms with Crippen molar-refractivity contribution in [2.24, 2.45) is 0 Å². The number of aromatic nitrogens is 1. The summed E-state index contributed by atoms with van der Waals surface area (Å²) in [5.74, 6) is -0.00313. The van der Waals surface area contributed by atoms with Crippen LogP contribution in [-0.2, 0) is 4.74 Å². The van der Waals surface area contributed by atoms with Crippen molar-refractivity contribution in [1.29, 1.82) is 0 Å². The summed E-state index contributed by atoms with van der Waals surface area (Å²) in [5.41, 5.74) is 1.35. The number of amides is 1. The second-order valence-electron chi connectivity index (χ2n) is 6.63. The highest BCUT2D eigenvalue weighted by atomic mass is 19.1. The topological polar surface area (TPSA) is 64.4 Å². The first-order valence-electron chi connectivity index (χ1n) is 9.86. The summed E-state index contributed by atoms with van der Waals surface area (Å²) in [6.07, 6.45) is 4.36. The highest BCUT2D eigenvalue weighted by Crippen LogP contribution is 2.29. The van der Waals surface area contributed by atoms with E-state index in [2.05, 4.69) is 17.2 Å². The van der Waals surface area contributed by atoms with Crippen molar-refractivity contribution in [2.45, 2.75) is 26.2 Å². The van der Waals surface area contributed by atoms with E-state index in [-0.39, 0.29) is 17.6 Å². The second kappa shape index (κ2) is 10.5. The van der Waals surface area contributed by atoms with Gasteiger partial charge in [-0.05, 0) is 37.1 Å². The molecule has 1 heterocycles. The van der Waals surface area contributed by atoms with Gasteiger partial charge in [0.05, 0.1) is 17.3 Å². The van der Waals surface area contributed by atoms with Crippen molar-refractivity contribution in [1.82, 2.24) is 10.3 Å². The zero-order valence-corrected chi connectivity index (χ0v) is 16.5. The predicted molar refractivity (Wildman–Crippen MR) is 110 cm³/mol. The molecule has 2 aromatic carbocycles. The third-order valence-electron chi connectivity index (χ3n) is 4.44. The molecule has 3 rings (SSSR count). The first-order chi connectivity index (χ1) is 14.2. The van der Waals surface area contributed by atoms with Crippen LogP contribution in [0.5, 0.6) is 0 Å². The minimum Gasteiger partial charge on any atom is -0.436 e. The summed E-state index contributed by atoms with van der Waals surface area (Å²) >= 11 is 0. The number of benzene rings is 2. The molecule has 0 saturated carbocycles. The van der Waals surface area contributed by atoms with Crippen LogP contribution in [0.25, 0.3) is 22.8 Å². The highest BCUT2D eigenvalue weighted by Gasteiger charge is 2.17. The number of rotatable bonds is 10. The molecule has 29 heavy (non-hydrogen) atoms. The van der Waals surface area contributed by atoms with E-state index in [9.17, 15) is 9.18 Å². The second-order valence-corrected chi connectivity index (χ2v) is 6.63. The summed E-state index contributed by atoms with van der Waals surface area (Å²) in [7, 11) is 0. The van der Waals surface area contributed by atoms with Crippen LogP contribution >= 0.6 is 0 Å². The number of hydrogen-bond acceptors (Lipinski definition) is 4. The third-order valence-corrected chi connectivity index (χ3v) is 4.44. The Morgan fingerprint density at radius 2 is 1.79 bits per heavy atom. The Kier molecular flexibility index (Phi) is 7.53. The number of halogens is 1. The molecule has 152 valence electrons. The number of carbonyl (C=O) groups is 1. The van der Waals surface area contributed by atoms with Crippen LogP contribution in [0.1, 0.15) is 36.5 Å². The van der Waals surface area contributed by atoms with Gasteiger partial charge in [0.15, 0.2) is 5.76 Å². The minimum absolute atomic E-state index is 0.209. The average molecular weight is 396 g/mol. The number of oxazole rings is 1. The van der Waals surface area contributed by atoms with E-state index < -0.39 is 0 Å². The first kappa shape index (κ1) is 20.7. The van der Waals surface area contributed by atoms with E-state index >= 15 is 0 Å². The van der Waals surface area contributed by atoms with Crippen molar-refractivity contribution in [2.75, 3.05) is 19.8 Å². The maximum absolute atomic E-state index is 14.0. The molecule has 1 aromatic heterocycles. The van der Waals surface area contributed by atoms with Crippen LogP contribution in [0.3, 0.4) is 0 Å². The molecular formula is C23H25FN2O3. The predicted octanol–water partition coefficient (Wildman–Crippen LogP) is 5.08. The van der Waals surface area contributed by atoms with E-state index in [4.69, 9.17) is 9.15 Å². The Bertz CT molecular complexity index is 939. The summed E-state index contributed by atoms with van der Waals surface area (Å²) < 4.78 is 25.3. The molecule has 0 atom stereocenters. The van der Waals surface area contributed by atoms with Gasteiger partial charge in [-0.3, -0.25) is 4.79 Å². The molecule has 0 spiro atoms.